The van der Waals surface area contributed by atoms with Gasteiger partial charge in [-0.25, -0.2) is 0 Å². The van der Waals surface area contributed by atoms with Crippen LogP contribution in [0.5, 0.6) is 0 Å². The number of rotatable bonds is 2. The van der Waals surface area contributed by atoms with Gasteiger partial charge in [-0.15, -0.1) is 0 Å². The van der Waals surface area contributed by atoms with Crippen molar-refractivity contribution in [3.63, 3.8) is 0 Å². The van der Waals surface area contributed by atoms with Crippen LogP contribution >= 0.6 is 0 Å². The zero-order valence-electron chi connectivity index (χ0n) is 25.8. The Morgan fingerprint density at radius 2 is 1.19 bits per heavy atom. The second-order valence-corrected chi connectivity index (χ2v) is 13.3. The largest absolute Gasteiger partial charge is 0.256 e. The van der Waals surface area contributed by atoms with Crippen LogP contribution in [0.25, 0.3) is 55.4 Å². The topological polar surface area (TPSA) is 12.9 Å². The van der Waals surface area contributed by atoms with Crippen LogP contribution in [0.4, 0.5) is 0 Å². The van der Waals surface area contributed by atoms with Crippen molar-refractivity contribution in [2.45, 2.75) is 18.3 Å². The van der Waals surface area contributed by atoms with Crippen LogP contribution in [0.1, 0.15) is 50.9 Å². The van der Waals surface area contributed by atoms with Gasteiger partial charge in [-0.3, -0.25) is 4.98 Å². The van der Waals surface area contributed by atoms with Gasteiger partial charge in [-0.2, -0.15) is 0 Å². The fraction of sp³-hybridized carbons (Fsp3) is 0.0652. The molecule has 0 atom stereocenters. The molecule has 0 aliphatic heterocycles. The molecule has 1 nitrogen and oxygen atoms in total. The lowest BCUT2D eigenvalue weighted by molar-refractivity contribution is 0.791. The first-order valence-electron chi connectivity index (χ1n) is 16.7. The van der Waals surface area contributed by atoms with E-state index >= 15 is 0 Å². The van der Waals surface area contributed by atoms with Crippen LogP contribution < -0.4 is 0 Å². The van der Waals surface area contributed by atoms with Crippen molar-refractivity contribution in [3.8, 4) is 33.5 Å². The number of aromatic nitrogens is 1. The van der Waals surface area contributed by atoms with E-state index in [9.17, 15) is 0 Å². The molecule has 4 aliphatic carbocycles. The first-order valence-corrected chi connectivity index (χ1v) is 16.7. The van der Waals surface area contributed by atoms with Crippen molar-refractivity contribution in [2.24, 2.45) is 0 Å². The summed E-state index contributed by atoms with van der Waals surface area (Å²) >= 11 is 0. The third kappa shape index (κ3) is 3.16. The van der Waals surface area contributed by atoms with E-state index in [-0.39, 0.29) is 5.41 Å². The van der Waals surface area contributed by atoms with Gasteiger partial charge in [0.15, 0.2) is 0 Å². The van der Waals surface area contributed by atoms with Gasteiger partial charge in [-0.1, -0.05) is 133 Å². The van der Waals surface area contributed by atoms with Gasteiger partial charge in [0, 0.05) is 11.8 Å². The van der Waals surface area contributed by atoms with Crippen molar-refractivity contribution >= 4 is 21.9 Å². The van der Waals surface area contributed by atoms with E-state index in [1.807, 2.05) is 6.20 Å². The number of benzene rings is 6. The third-order valence-electron chi connectivity index (χ3n) is 11.2. The second-order valence-electron chi connectivity index (χ2n) is 13.3. The molecule has 0 amide bonds. The predicted octanol–water partition coefficient (Wildman–Crippen LogP) is 11.0. The van der Waals surface area contributed by atoms with Gasteiger partial charge in [0.05, 0.1) is 11.1 Å². The van der Waals surface area contributed by atoms with Crippen LogP contribution in [-0.2, 0) is 11.8 Å². The van der Waals surface area contributed by atoms with Crippen molar-refractivity contribution in [1.29, 1.82) is 0 Å². The van der Waals surface area contributed by atoms with E-state index in [4.69, 9.17) is 4.98 Å². The number of hydrogen-bond acceptors (Lipinski definition) is 1. The Bertz CT molecular complexity index is 2520. The minimum absolute atomic E-state index is 0.362. The summed E-state index contributed by atoms with van der Waals surface area (Å²) in [6, 6.07) is 49.8. The maximum absolute atomic E-state index is 5.08. The standard InChI is InChI=1S/C46H29N/c1-2-9-28(10-3-1)32-21-16-29-19-24-37-33(22-17-30-18-23-36(32)43(29)44(30)37)31-20-25-41-38(27-31)45-42(15-8-26-47-45)46(41)39-13-6-4-11-34(39)35-12-5-7-14-40(35)46/h1-15,17-23,25-27H,16,24H2. The monoisotopic (exact) mass is 595 g/mol. The highest BCUT2D eigenvalue weighted by atomic mass is 14.7. The van der Waals surface area contributed by atoms with E-state index in [1.54, 1.807) is 0 Å². The average molecular weight is 596 g/mol. The number of nitrogens with zero attached hydrogens (tertiary/aromatic N) is 1. The molecular weight excluding hydrogens is 567 g/mol. The molecule has 6 aromatic carbocycles. The molecule has 0 unspecified atom stereocenters. The van der Waals surface area contributed by atoms with E-state index in [2.05, 4.69) is 146 Å². The van der Waals surface area contributed by atoms with Crippen molar-refractivity contribution in [2.75, 3.05) is 0 Å². The highest BCUT2D eigenvalue weighted by Gasteiger charge is 2.52. The van der Waals surface area contributed by atoms with E-state index in [1.165, 1.54) is 94.2 Å². The zero-order valence-corrected chi connectivity index (χ0v) is 25.8. The smallest absolute Gasteiger partial charge is 0.0753 e. The molecule has 1 aromatic heterocycles. The summed E-state index contributed by atoms with van der Waals surface area (Å²) in [5.74, 6) is 0. The molecule has 1 spiro atoms. The summed E-state index contributed by atoms with van der Waals surface area (Å²) in [5.41, 5.74) is 20.9. The summed E-state index contributed by atoms with van der Waals surface area (Å²) in [7, 11) is 0. The van der Waals surface area contributed by atoms with Gasteiger partial charge < -0.3 is 0 Å². The number of pyridine rings is 1. The van der Waals surface area contributed by atoms with Crippen LogP contribution in [0.3, 0.4) is 0 Å². The summed E-state index contributed by atoms with van der Waals surface area (Å²) < 4.78 is 0. The fourth-order valence-electron chi connectivity index (χ4n) is 9.38. The van der Waals surface area contributed by atoms with Crippen LogP contribution in [-0.4, -0.2) is 4.98 Å². The van der Waals surface area contributed by atoms with Gasteiger partial charge in [0.1, 0.15) is 0 Å². The number of fused-ring (bicyclic) bond motifs is 10. The Morgan fingerprint density at radius 1 is 0.489 bits per heavy atom. The van der Waals surface area contributed by atoms with Crippen LogP contribution in [0.15, 0.2) is 152 Å². The summed E-state index contributed by atoms with van der Waals surface area (Å²) in [6.45, 7) is 0. The molecule has 0 radical (unpaired) electrons. The molecule has 7 aromatic rings. The highest BCUT2D eigenvalue weighted by molar-refractivity contribution is 6.08. The molecule has 0 saturated heterocycles. The van der Waals surface area contributed by atoms with Gasteiger partial charge in [0.25, 0.3) is 0 Å². The van der Waals surface area contributed by atoms with Crippen molar-refractivity contribution < 1.29 is 0 Å². The molecule has 0 saturated carbocycles. The lowest BCUT2D eigenvalue weighted by Crippen LogP contribution is -2.25. The Balaban J connectivity index is 1.14. The lowest BCUT2D eigenvalue weighted by atomic mass is 9.70. The minimum Gasteiger partial charge on any atom is -0.256 e. The SMILES string of the molecule is C1=C(c2ccccc2)c2ccc3ccc(-c4ccc5c(c4)-c4ncccc4C54c5ccccc5-c5ccccc54)c4c3c2C(=CC4)C1. The third-order valence-corrected chi connectivity index (χ3v) is 11.2. The molecule has 0 fully saturated rings. The lowest BCUT2D eigenvalue weighted by Gasteiger charge is -2.30. The van der Waals surface area contributed by atoms with Crippen LogP contribution in [0.2, 0.25) is 0 Å². The summed E-state index contributed by atoms with van der Waals surface area (Å²) in [6.07, 6.45) is 8.78. The molecule has 4 aliphatic rings. The normalized spacial score (nSPS) is 15.5. The highest BCUT2D eigenvalue weighted by Crippen LogP contribution is 2.62. The number of hydrogen-bond donors (Lipinski definition) is 0. The van der Waals surface area contributed by atoms with Crippen molar-refractivity contribution in [1.82, 2.24) is 4.98 Å². The summed E-state index contributed by atoms with van der Waals surface area (Å²) in [5, 5.41) is 2.75. The molecule has 1 heteroatoms. The first-order chi connectivity index (χ1) is 23.3. The Kier molecular flexibility index (Phi) is 4.94. The average Bonchev–Trinajstić information content (AvgIpc) is 3.61. The molecule has 0 N–H and O–H groups in total. The Hall–Kier alpha value is -5.79. The predicted molar refractivity (Wildman–Crippen MR) is 193 cm³/mol. The number of allylic oxidation sites excluding steroid dienone is 3. The first kappa shape index (κ1) is 25.4. The quantitative estimate of drug-likeness (QED) is 0.194. The molecular formula is C46H29N. The Labute approximate surface area is 274 Å². The van der Waals surface area contributed by atoms with E-state index in [0.29, 0.717) is 0 Å². The van der Waals surface area contributed by atoms with Crippen LogP contribution in [0, 0.1) is 0 Å². The fourth-order valence-corrected chi connectivity index (χ4v) is 9.38. The molecule has 218 valence electrons. The maximum atomic E-state index is 5.08. The van der Waals surface area contributed by atoms with Gasteiger partial charge in [-0.05, 0) is 114 Å². The molecule has 1 heterocycles. The second kappa shape index (κ2) is 9.15. The maximum Gasteiger partial charge on any atom is 0.0753 e. The van der Waals surface area contributed by atoms with E-state index in [0.717, 1.165) is 18.5 Å². The molecule has 47 heavy (non-hydrogen) atoms. The van der Waals surface area contributed by atoms with Gasteiger partial charge in [0.2, 0.25) is 0 Å². The zero-order chi connectivity index (χ0) is 30.7. The molecule has 11 rings (SSSR count). The van der Waals surface area contributed by atoms with E-state index < -0.39 is 0 Å². The minimum atomic E-state index is -0.362. The Morgan fingerprint density at radius 3 is 2.00 bits per heavy atom. The molecule has 0 bridgehead atoms. The van der Waals surface area contributed by atoms with Crippen molar-refractivity contribution in [3.05, 3.63) is 196 Å². The van der Waals surface area contributed by atoms with Gasteiger partial charge >= 0.3 is 0 Å². The summed E-state index contributed by atoms with van der Waals surface area (Å²) in [4.78, 5) is 5.08.